The summed E-state index contributed by atoms with van der Waals surface area (Å²) in [6.45, 7) is 7.05. The Balaban J connectivity index is 0.00000280. The summed E-state index contributed by atoms with van der Waals surface area (Å²) in [7, 11) is 0. The van der Waals surface area contributed by atoms with Crippen LogP contribution in [0.15, 0.2) is 27.8 Å². The van der Waals surface area contributed by atoms with Crippen LogP contribution in [0.2, 0.25) is 0 Å². The fraction of sp³-hybridized carbons (Fsp3) is 0.762. The maximum Gasteiger partial charge on any atom is 0.191 e. The van der Waals surface area contributed by atoms with Gasteiger partial charge in [-0.25, -0.2) is 0 Å². The number of hydrogen-bond acceptors (Lipinski definition) is 4. The molecule has 0 amide bonds. The van der Waals surface area contributed by atoms with Gasteiger partial charge in [0.15, 0.2) is 5.96 Å². The first-order chi connectivity index (χ1) is 13.3. The molecule has 1 aromatic rings. The lowest BCUT2D eigenvalue weighted by atomic mass is 10.0. The van der Waals surface area contributed by atoms with Gasteiger partial charge in [0, 0.05) is 45.9 Å². The van der Waals surface area contributed by atoms with E-state index in [0.717, 1.165) is 70.4 Å². The van der Waals surface area contributed by atoms with Crippen molar-refractivity contribution in [3.05, 3.63) is 24.2 Å². The van der Waals surface area contributed by atoms with Gasteiger partial charge in [-0.15, -0.1) is 24.0 Å². The molecule has 0 bridgehead atoms. The van der Waals surface area contributed by atoms with Crippen LogP contribution in [0.5, 0.6) is 0 Å². The third kappa shape index (κ3) is 8.29. The number of nitrogens with zero attached hydrogens (tertiary/aromatic N) is 1. The summed E-state index contributed by atoms with van der Waals surface area (Å²) in [4.78, 5) is 4.89. The lowest BCUT2D eigenvalue weighted by molar-refractivity contribution is 0.0194. The van der Waals surface area contributed by atoms with Gasteiger partial charge in [-0.3, -0.25) is 4.99 Å². The van der Waals surface area contributed by atoms with Crippen LogP contribution in [0, 0.1) is 5.41 Å². The van der Waals surface area contributed by atoms with Crippen LogP contribution in [0.4, 0.5) is 0 Å². The number of guanidine groups is 1. The van der Waals surface area contributed by atoms with Gasteiger partial charge < -0.3 is 24.5 Å². The Morgan fingerprint density at radius 1 is 1.32 bits per heavy atom. The predicted molar refractivity (Wildman–Crippen MR) is 123 cm³/mol. The summed E-state index contributed by atoms with van der Waals surface area (Å²) in [5.74, 6) is 1.88. The largest absolute Gasteiger partial charge is 0.469 e. The van der Waals surface area contributed by atoms with Gasteiger partial charge in [-0.05, 0) is 63.0 Å². The number of halogens is 1. The summed E-state index contributed by atoms with van der Waals surface area (Å²) in [5.41, 5.74) is 0.353. The van der Waals surface area contributed by atoms with Crippen LogP contribution in [-0.2, 0) is 15.9 Å². The molecule has 1 aliphatic heterocycles. The Labute approximate surface area is 186 Å². The van der Waals surface area contributed by atoms with Crippen LogP contribution in [0.25, 0.3) is 0 Å². The Hall–Kier alpha value is -0.800. The highest BCUT2D eigenvalue weighted by molar-refractivity contribution is 14.0. The van der Waals surface area contributed by atoms with Gasteiger partial charge in [-0.1, -0.05) is 0 Å². The summed E-state index contributed by atoms with van der Waals surface area (Å²) < 4.78 is 16.8. The van der Waals surface area contributed by atoms with E-state index in [4.69, 9.17) is 18.9 Å². The van der Waals surface area contributed by atoms with Gasteiger partial charge in [0.25, 0.3) is 0 Å². The van der Waals surface area contributed by atoms with E-state index < -0.39 is 0 Å². The van der Waals surface area contributed by atoms with Crippen molar-refractivity contribution in [3.8, 4) is 0 Å². The normalized spacial score (nSPS) is 21.0. The minimum Gasteiger partial charge on any atom is -0.469 e. The molecular weight excluding hydrogens is 469 g/mol. The van der Waals surface area contributed by atoms with Crippen LogP contribution < -0.4 is 10.6 Å². The van der Waals surface area contributed by atoms with Crippen molar-refractivity contribution in [1.29, 1.82) is 0 Å². The summed E-state index contributed by atoms with van der Waals surface area (Å²) in [5, 5.41) is 6.95. The van der Waals surface area contributed by atoms with Crippen LogP contribution >= 0.6 is 24.0 Å². The molecule has 1 aromatic heterocycles. The summed E-state index contributed by atoms with van der Waals surface area (Å²) >= 11 is 0. The molecule has 2 aliphatic rings. The Morgan fingerprint density at radius 3 is 2.89 bits per heavy atom. The molecule has 7 heteroatoms. The first kappa shape index (κ1) is 23.5. The van der Waals surface area contributed by atoms with Crippen molar-refractivity contribution in [3.63, 3.8) is 0 Å². The van der Waals surface area contributed by atoms with E-state index in [0.29, 0.717) is 11.5 Å². The molecule has 1 saturated heterocycles. The third-order valence-electron chi connectivity index (χ3n) is 5.53. The molecule has 0 aromatic carbocycles. The average molecular weight is 505 g/mol. The zero-order valence-electron chi connectivity index (χ0n) is 17.1. The fourth-order valence-corrected chi connectivity index (χ4v) is 3.46. The van der Waals surface area contributed by atoms with Crippen molar-refractivity contribution in [2.75, 3.05) is 39.5 Å². The molecule has 1 saturated carbocycles. The number of aliphatic imine (C=N–C) groups is 1. The first-order valence-corrected chi connectivity index (χ1v) is 10.5. The molecule has 1 unspecified atom stereocenters. The van der Waals surface area contributed by atoms with E-state index in [2.05, 4.69) is 17.6 Å². The van der Waals surface area contributed by atoms with E-state index in [-0.39, 0.29) is 24.0 Å². The average Bonchev–Trinajstić information content (AvgIpc) is 3.27. The molecule has 2 fully saturated rings. The third-order valence-corrected chi connectivity index (χ3v) is 5.53. The lowest BCUT2D eigenvalue weighted by Gasteiger charge is -2.24. The monoisotopic (exact) mass is 505 g/mol. The molecular formula is C21H36IN3O3. The van der Waals surface area contributed by atoms with Gasteiger partial charge in [0.05, 0.1) is 12.4 Å². The van der Waals surface area contributed by atoms with Gasteiger partial charge in [-0.2, -0.15) is 0 Å². The van der Waals surface area contributed by atoms with Crippen molar-refractivity contribution in [2.24, 2.45) is 10.4 Å². The molecule has 3 rings (SSSR count). The highest BCUT2D eigenvalue weighted by Crippen LogP contribution is 2.49. The molecule has 0 radical (unpaired) electrons. The molecule has 28 heavy (non-hydrogen) atoms. The second-order valence-electron chi connectivity index (χ2n) is 7.74. The minimum atomic E-state index is 0. The first-order valence-electron chi connectivity index (χ1n) is 10.5. The number of ether oxygens (including phenoxy) is 2. The van der Waals surface area contributed by atoms with Crippen molar-refractivity contribution < 1.29 is 13.9 Å². The maximum absolute atomic E-state index is 5.84. The second kappa shape index (κ2) is 12.7. The van der Waals surface area contributed by atoms with Crippen LogP contribution in [0.3, 0.4) is 0 Å². The van der Waals surface area contributed by atoms with E-state index in [9.17, 15) is 0 Å². The quantitative estimate of drug-likeness (QED) is 0.208. The van der Waals surface area contributed by atoms with Gasteiger partial charge >= 0.3 is 0 Å². The van der Waals surface area contributed by atoms with Gasteiger partial charge in [0.1, 0.15) is 5.76 Å². The van der Waals surface area contributed by atoms with Crippen molar-refractivity contribution in [2.45, 2.75) is 58.0 Å². The molecule has 2 N–H and O–H groups in total. The Morgan fingerprint density at radius 2 is 2.21 bits per heavy atom. The number of hydrogen-bond donors (Lipinski definition) is 2. The SMILES string of the molecule is CCOCCC1(CN=C(NCCc2ccco2)NCC2CCCCO2)CC1.I. The molecule has 160 valence electrons. The molecule has 1 aliphatic carbocycles. The van der Waals surface area contributed by atoms with Crippen LogP contribution in [-0.4, -0.2) is 51.5 Å². The Bertz CT molecular complexity index is 555. The predicted octanol–water partition coefficient (Wildman–Crippen LogP) is 3.75. The van der Waals surface area contributed by atoms with E-state index in [1.165, 1.54) is 25.7 Å². The molecule has 0 spiro atoms. The molecule has 6 nitrogen and oxygen atoms in total. The molecule has 2 heterocycles. The van der Waals surface area contributed by atoms with E-state index >= 15 is 0 Å². The zero-order chi connectivity index (χ0) is 18.8. The highest BCUT2D eigenvalue weighted by Gasteiger charge is 2.41. The number of rotatable bonds is 11. The topological polar surface area (TPSA) is 68.0 Å². The Kier molecular flexibility index (Phi) is 10.6. The lowest BCUT2D eigenvalue weighted by Crippen LogP contribution is -2.43. The number of nitrogens with one attached hydrogen (secondary N) is 2. The van der Waals surface area contributed by atoms with E-state index in [1.54, 1.807) is 6.26 Å². The smallest absolute Gasteiger partial charge is 0.191 e. The summed E-state index contributed by atoms with van der Waals surface area (Å²) in [6.07, 6.45) is 10.1. The molecule has 1 atom stereocenters. The standard InChI is InChI=1S/C21H35N3O3.HI/c1-2-25-15-11-21(9-10-21)17-24-20(22-12-8-18-7-5-14-26-18)23-16-19-6-3-4-13-27-19;/h5,7,14,19H,2-4,6,8-13,15-17H2,1H3,(H2,22,23,24);1H. The fourth-order valence-electron chi connectivity index (χ4n) is 3.46. The van der Waals surface area contributed by atoms with E-state index in [1.807, 2.05) is 12.1 Å². The zero-order valence-corrected chi connectivity index (χ0v) is 19.4. The highest BCUT2D eigenvalue weighted by atomic mass is 127. The van der Waals surface area contributed by atoms with Crippen molar-refractivity contribution >= 4 is 29.9 Å². The van der Waals surface area contributed by atoms with Crippen molar-refractivity contribution in [1.82, 2.24) is 10.6 Å². The van der Waals surface area contributed by atoms with Gasteiger partial charge in [0.2, 0.25) is 0 Å². The summed E-state index contributed by atoms with van der Waals surface area (Å²) in [6, 6.07) is 3.94. The maximum atomic E-state index is 5.84. The second-order valence-corrected chi connectivity index (χ2v) is 7.74. The minimum absolute atomic E-state index is 0. The van der Waals surface area contributed by atoms with Crippen LogP contribution in [0.1, 0.15) is 51.2 Å². The number of furan rings is 1.